The first-order valence-corrected chi connectivity index (χ1v) is 3.91. The van der Waals surface area contributed by atoms with Crippen LogP contribution in [0.15, 0.2) is 0 Å². The van der Waals surface area contributed by atoms with Crippen LogP contribution in [-0.2, 0) is 0 Å². The quantitative estimate of drug-likeness (QED) is 0.517. The van der Waals surface area contributed by atoms with Crippen LogP contribution in [0.5, 0.6) is 0 Å². The van der Waals surface area contributed by atoms with Crippen molar-refractivity contribution < 1.29 is 0 Å². The molecule has 55 valence electrons. The van der Waals surface area contributed by atoms with Crippen LogP contribution < -0.4 is 0 Å². The second-order valence-corrected chi connectivity index (χ2v) is 2.65. The molecule has 0 atom stereocenters. The molecule has 1 aliphatic rings. The molecule has 0 N–H and O–H groups in total. The minimum atomic E-state index is 0.990. The van der Waals surface area contributed by atoms with E-state index < -0.39 is 0 Å². The lowest BCUT2D eigenvalue weighted by atomic mass is 10.4. The lowest BCUT2D eigenvalue weighted by Gasteiger charge is -2.10. The molecule has 1 saturated heterocycles. The van der Waals surface area contributed by atoms with Crippen molar-refractivity contribution in [1.82, 2.24) is 4.90 Å². The van der Waals surface area contributed by atoms with E-state index in [-0.39, 0.29) is 0 Å². The predicted molar refractivity (Wildman–Crippen MR) is 43.4 cm³/mol. The maximum atomic E-state index is 3.47. The zero-order valence-electron chi connectivity index (χ0n) is 6.40. The molecule has 0 aliphatic carbocycles. The molecule has 1 heterocycles. The molecule has 1 nitrogen and oxygen atoms in total. The highest BCUT2D eigenvalue weighted by Gasteiger charge is 2.08. The van der Waals surface area contributed by atoms with E-state index in [1.54, 1.807) is 0 Å². The Kier molecular flexibility index (Phi) is 3.32. The van der Waals surface area contributed by atoms with Crippen LogP contribution in [-0.4, -0.2) is 24.5 Å². The second kappa shape index (κ2) is 4.35. The molecule has 0 saturated carbocycles. The Bertz CT molecular complexity index is 135. The van der Waals surface area contributed by atoms with Crippen molar-refractivity contribution >= 4 is 0 Å². The summed E-state index contributed by atoms with van der Waals surface area (Å²) >= 11 is 0. The lowest BCUT2D eigenvalue weighted by Crippen LogP contribution is -2.19. The van der Waals surface area contributed by atoms with Crippen LogP contribution in [0.25, 0.3) is 0 Å². The van der Waals surface area contributed by atoms with Crippen molar-refractivity contribution in [1.29, 1.82) is 0 Å². The normalized spacial score (nSPS) is 18.5. The van der Waals surface area contributed by atoms with E-state index in [1.807, 2.05) is 0 Å². The fourth-order valence-corrected chi connectivity index (χ4v) is 1.31. The van der Waals surface area contributed by atoms with Crippen molar-refractivity contribution in [3.63, 3.8) is 0 Å². The SMILES string of the molecule is [CH2]C#CCCN1CCCC1. The Morgan fingerprint density at radius 1 is 1.30 bits per heavy atom. The number of nitrogens with zero attached hydrogens (tertiary/aromatic N) is 1. The molecule has 0 unspecified atom stereocenters. The molecule has 1 fully saturated rings. The summed E-state index contributed by atoms with van der Waals surface area (Å²) in [5.41, 5.74) is 0. The van der Waals surface area contributed by atoms with Gasteiger partial charge in [-0.2, -0.15) is 0 Å². The Hall–Kier alpha value is -0.480. The third-order valence-corrected chi connectivity index (χ3v) is 1.88. The van der Waals surface area contributed by atoms with Crippen molar-refractivity contribution in [3.05, 3.63) is 6.92 Å². The number of likely N-dealkylation sites (tertiary alicyclic amines) is 1. The fraction of sp³-hybridized carbons (Fsp3) is 0.667. The van der Waals surface area contributed by atoms with Gasteiger partial charge in [0.25, 0.3) is 0 Å². The van der Waals surface area contributed by atoms with E-state index in [9.17, 15) is 0 Å². The van der Waals surface area contributed by atoms with Crippen LogP contribution in [0.1, 0.15) is 19.3 Å². The van der Waals surface area contributed by atoms with Crippen molar-refractivity contribution in [2.24, 2.45) is 0 Å². The monoisotopic (exact) mass is 136 g/mol. The summed E-state index contributed by atoms with van der Waals surface area (Å²) in [6.07, 6.45) is 3.74. The Labute approximate surface area is 63.4 Å². The average molecular weight is 136 g/mol. The molecule has 1 aliphatic heterocycles. The van der Waals surface area contributed by atoms with Gasteiger partial charge in [0, 0.05) is 19.9 Å². The van der Waals surface area contributed by atoms with E-state index in [0.717, 1.165) is 13.0 Å². The molecule has 10 heavy (non-hydrogen) atoms. The first-order valence-electron chi connectivity index (χ1n) is 3.91. The van der Waals surface area contributed by atoms with Gasteiger partial charge in [0.1, 0.15) is 0 Å². The Balaban J connectivity index is 2.05. The van der Waals surface area contributed by atoms with Crippen LogP contribution in [0, 0.1) is 18.8 Å². The minimum absolute atomic E-state index is 0.990. The molecule has 1 heteroatoms. The molecular formula is C9H14N. The third kappa shape index (κ3) is 2.41. The molecule has 1 rings (SSSR count). The maximum absolute atomic E-state index is 3.47. The van der Waals surface area contributed by atoms with Gasteiger partial charge in [-0.3, -0.25) is 0 Å². The summed E-state index contributed by atoms with van der Waals surface area (Å²) < 4.78 is 0. The number of hydrogen-bond donors (Lipinski definition) is 0. The van der Waals surface area contributed by atoms with Crippen LogP contribution in [0.3, 0.4) is 0 Å². The zero-order valence-corrected chi connectivity index (χ0v) is 6.40. The first-order chi connectivity index (χ1) is 4.93. The first kappa shape index (κ1) is 7.63. The summed E-state index contributed by atoms with van der Waals surface area (Å²) in [6, 6.07) is 0. The molecule has 0 amide bonds. The predicted octanol–water partition coefficient (Wildman–Crippen LogP) is 1.31. The highest BCUT2D eigenvalue weighted by Crippen LogP contribution is 2.06. The van der Waals surface area contributed by atoms with E-state index in [2.05, 4.69) is 23.7 Å². The highest BCUT2D eigenvalue weighted by molar-refractivity contribution is 5.01. The van der Waals surface area contributed by atoms with E-state index in [1.165, 1.54) is 25.9 Å². The largest absolute Gasteiger partial charge is 0.302 e. The molecule has 0 spiro atoms. The van der Waals surface area contributed by atoms with E-state index in [0.29, 0.717) is 0 Å². The van der Waals surface area contributed by atoms with E-state index in [4.69, 9.17) is 0 Å². The van der Waals surface area contributed by atoms with Crippen molar-refractivity contribution in [3.8, 4) is 11.8 Å². The number of hydrogen-bond acceptors (Lipinski definition) is 1. The summed E-state index contributed by atoms with van der Waals surface area (Å²) in [4.78, 5) is 2.46. The molecule has 0 bridgehead atoms. The van der Waals surface area contributed by atoms with Crippen molar-refractivity contribution in [2.45, 2.75) is 19.3 Å². The molecule has 1 radical (unpaired) electrons. The molecule has 0 aromatic carbocycles. The minimum Gasteiger partial charge on any atom is -0.302 e. The van der Waals surface area contributed by atoms with Gasteiger partial charge in [0.05, 0.1) is 0 Å². The summed E-state index contributed by atoms with van der Waals surface area (Å²) in [5, 5.41) is 0. The van der Waals surface area contributed by atoms with Crippen LogP contribution >= 0.6 is 0 Å². The number of rotatable bonds is 2. The molecule has 0 aromatic rings. The summed E-state index contributed by atoms with van der Waals surface area (Å²) in [6.45, 7) is 7.16. The van der Waals surface area contributed by atoms with Gasteiger partial charge < -0.3 is 4.90 Å². The molecular weight excluding hydrogens is 122 g/mol. The lowest BCUT2D eigenvalue weighted by molar-refractivity contribution is 0.348. The average Bonchev–Trinajstić information content (AvgIpc) is 2.41. The van der Waals surface area contributed by atoms with Gasteiger partial charge in [-0.15, -0.1) is 11.8 Å². The zero-order chi connectivity index (χ0) is 7.23. The highest BCUT2D eigenvalue weighted by atomic mass is 15.1. The summed E-state index contributed by atoms with van der Waals surface area (Å²) in [5.74, 6) is 5.64. The smallest absolute Gasteiger partial charge is 0.0217 e. The third-order valence-electron chi connectivity index (χ3n) is 1.88. The summed E-state index contributed by atoms with van der Waals surface area (Å²) in [7, 11) is 0. The van der Waals surface area contributed by atoms with Gasteiger partial charge in [0.15, 0.2) is 0 Å². The van der Waals surface area contributed by atoms with Gasteiger partial charge >= 0.3 is 0 Å². The Morgan fingerprint density at radius 2 is 2.00 bits per heavy atom. The maximum Gasteiger partial charge on any atom is 0.0217 e. The van der Waals surface area contributed by atoms with Crippen LogP contribution in [0.4, 0.5) is 0 Å². The standard InChI is InChI=1S/C9H14N/c1-2-3-4-7-10-8-5-6-9-10/h1,4-9H2. The van der Waals surface area contributed by atoms with E-state index >= 15 is 0 Å². The topological polar surface area (TPSA) is 3.24 Å². The fourth-order valence-electron chi connectivity index (χ4n) is 1.31. The van der Waals surface area contributed by atoms with Gasteiger partial charge in [-0.05, 0) is 25.9 Å². The molecule has 0 aromatic heterocycles. The van der Waals surface area contributed by atoms with Crippen molar-refractivity contribution in [2.75, 3.05) is 19.6 Å². The van der Waals surface area contributed by atoms with Crippen LogP contribution in [0.2, 0.25) is 0 Å². The van der Waals surface area contributed by atoms with Gasteiger partial charge in [0.2, 0.25) is 0 Å². The van der Waals surface area contributed by atoms with Gasteiger partial charge in [-0.1, -0.05) is 0 Å². The second-order valence-electron chi connectivity index (χ2n) is 2.65. The van der Waals surface area contributed by atoms with Gasteiger partial charge in [-0.25, -0.2) is 0 Å². The Morgan fingerprint density at radius 3 is 2.60 bits per heavy atom.